The summed E-state index contributed by atoms with van der Waals surface area (Å²) in [6, 6.07) is 7.60. The van der Waals surface area contributed by atoms with Gasteiger partial charge < -0.3 is 10.1 Å². The van der Waals surface area contributed by atoms with E-state index < -0.39 is 12.0 Å². The lowest BCUT2D eigenvalue weighted by atomic mass is 10.0. The fraction of sp³-hybridized carbons (Fsp3) is 0.300. The normalized spacial score (nSPS) is 12.1. The first kappa shape index (κ1) is 19.8. The fourth-order valence-corrected chi connectivity index (χ4v) is 3.31. The number of amides is 1. The minimum Gasteiger partial charge on any atom is -0.458 e. The van der Waals surface area contributed by atoms with Gasteiger partial charge in [0.05, 0.1) is 10.6 Å². The summed E-state index contributed by atoms with van der Waals surface area (Å²) in [4.78, 5) is 41.9. The highest BCUT2D eigenvalue weighted by Gasteiger charge is 2.26. The second kappa shape index (κ2) is 8.35. The zero-order chi connectivity index (χ0) is 20.3. The molecule has 0 unspecified atom stereocenters. The van der Waals surface area contributed by atoms with Gasteiger partial charge in [0, 0.05) is 12.3 Å². The number of carbonyl (C=O) groups is 2. The topological polar surface area (TPSA) is 89.8 Å². The van der Waals surface area contributed by atoms with Gasteiger partial charge in [0.2, 0.25) is 0 Å². The van der Waals surface area contributed by atoms with Gasteiger partial charge in [0.15, 0.2) is 0 Å². The maximum absolute atomic E-state index is 12.5. The number of rotatable bonds is 6. The predicted molar refractivity (Wildman–Crippen MR) is 106 cm³/mol. The van der Waals surface area contributed by atoms with E-state index in [1.807, 2.05) is 26.8 Å². The van der Waals surface area contributed by atoms with Crippen molar-refractivity contribution >= 4 is 28.9 Å². The van der Waals surface area contributed by atoms with E-state index in [0.717, 1.165) is 5.56 Å². The average molecular weight is 399 g/mol. The Kier molecular flexibility index (Phi) is 5.89. The summed E-state index contributed by atoms with van der Waals surface area (Å²) in [6.07, 6.45) is 1.70. The summed E-state index contributed by atoms with van der Waals surface area (Å²) >= 11 is 1.30. The monoisotopic (exact) mass is 399 g/mol. The lowest BCUT2D eigenvalue weighted by Gasteiger charge is -2.20. The first-order valence-electron chi connectivity index (χ1n) is 8.85. The summed E-state index contributed by atoms with van der Waals surface area (Å²) < 4.78 is 6.78. The highest BCUT2D eigenvalue weighted by Crippen LogP contribution is 2.12. The second-order valence-electron chi connectivity index (χ2n) is 6.80. The molecule has 0 aliphatic heterocycles. The molecule has 1 N–H and O–H groups in total. The Morgan fingerprint density at radius 1 is 1.29 bits per heavy atom. The summed E-state index contributed by atoms with van der Waals surface area (Å²) in [5.41, 5.74) is 1.54. The summed E-state index contributed by atoms with van der Waals surface area (Å²) in [6.45, 7) is 5.39. The van der Waals surface area contributed by atoms with Crippen LogP contribution in [0.25, 0.3) is 5.65 Å². The van der Waals surface area contributed by atoms with Crippen molar-refractivity contribution in [3.8, 4) is 0 Å². The highest BCUT2D eigenvalue weighted by atomic mass is 32.1. The SMILES string of the molecule is Cc1ccc2nc(COC(=O)[C@H](NC(=O)c3cccs3)C(C)C)cc(=O)n2c1. The predicted octanol–water partition coefficient (Wildman–Crippen LogP) is 2.56. The standard InChI is InChI=1S/C20H21N3O4S/c1-12(2)18(22-19(25)15-5-4-8-28-15)20(26)27-11-14-9-17(24)23-10-13(3)6-7-16(23)21-14/h4-10,12,18H,11H2,1-3H3,(H,22,25)/t18-/m1/s1. The van der Waals surface area contributed by atoms with Gasteiger partial charge in [-0.3, -0.25) is 14.0 Å². The molecule has 1 atom stereocenters. The molecule has 1 amide bonds. The van der Waals surface area contributed by atoms with E-state index in [1.54, 1.807) is 29.8 Å². The van der Waals surface area contributed by atoms with Crippen LogP contribution in [-0.2, 0) is 16.1 Å². The number of carbonyl (C=O) groups excluding carboxylic acids is 2. The van der Waals surface area contributed by atoms with Crippen LogP contribution in [0.5, 0.6) is 0 Å². The number of nitrogens with one attached hydrogen (secondary N) is 1. The first-order valence-corrected chi connectivity index (χ1v) is 9.73. The van der Waals surface area contributed by atoms with Crippen molar-refractivity contribution in [1.29, 1.82) is 0 Å². The molecule has 3 heterocycles. The van der Waals surface area contributed by atoms with Crippen molar-refractivity contribution in [1.82, 2.24) is 14.7 Å². The Hall–Kier alpha value is -3.00. The van der Waals surface area contributed by atoms with Gasteiger partial charge in [-0.15, -0.1) is 11.3 Å². The summed E-state index contributed by atoms with van der Waals surface area (Å²) in [7, 11) is 0. The molecule has 0 fully saturated rings. The van der Waals surface area contributed by atoms with E-state index >= 15 is 0 Å². The number of hydrogen-bond donors (Lipinski definition) is 1. The zero-order valence-electron chi connectivity index (χ0n) is 15.8. The van der Waals surface area contributed by atoms with Gasteiger partial charge in [-0.1, -0.05) is 26.0 Å². The van der Waals surface area contributed by atoms with Gasteiger partial charge in [-0.25, -0.2) is 9.78 Å². The number of aryl methyl sites for hydroxylation is 1. The van der Waals surface area contributed by atoms with Gasteiger partial charge in [-0.05, 0) is 35.9 Å². The summed E-state index contributed by atoms with van der Waals surface area (Å²) in [5.74, 6) is -1.04. The van der Waals surface area contributed by atoms with Crippen molar-refractivity contribution in [2.24, 2.45) is 5.92 Å². The molecular weight excluding hydrogens is 378 g/mol. The molecule has 0 aromatic carbocycles. The molecule has 3 rings (SSSR count). The molecule has 8 heteroatoms. The van der Waals surface area contributed by atoms with Crippen LogP contribution >= 0.6 is 11.3 Å². The van der Waals surface area contributed by atoms with E-state index in [1.165, 1.54) is 21.8 Å². The second-order valence-corrected chi connectivity index (χ2v) is 7.75. The Labute approximate surface area is 166 Å². The number of esters is 1. The van der Waals surface area contributed by atoms with Crippen LogP contribution in [0.15, 0.2) is 46.7 Å². The number of fused-ring (bicyclic) bond motifs is 1. The van der Waals surface area contributed by atoms with Crippen LogP contribution in [0.1, 0.15) is 34.8 Å². The third-order valence-electron chi connectivity index (χ3n) is 4.18. The maximum atomic E-state index is 12.5. The Bertz CT molecular complexity index is 1060. The van der Waals surface area contributed by atoms with E-state index in [4.69, 9.17) is 4.74 Å². The molecule has 3 aromatic heterocycles. The third kappa shape index (κ3) is 4.45. The Morgan fingerprint density at radius 2 is 2.07 bits per heavy atom. The number of ether oxygens (including phenoxy) is 1. The van der Waals surface area contributed by atoms with E-state index in [9.17, 15) is 14.4 Å². The third-order valence-corrected chi connectivity index (χ3v) is 5.04. The molecule has 3 aromatic rings. The highest BCUT2D eigenvalue weighted by molar-refractivity contribution is 7.12. The van der Waals surface area contributed by atoms with Crippen LogP contribution in [-0.4, -0.2) is 27.3 Å². The Balaban J connectivity index is 1.70. The molecule has 0 aliphatic rings. The molecule has 7 nitrogen and oxygen atoms in total. The van der Waals surface area contributed by atoms with Gasteiger partial charge >= 0.3 is 5.97 Å². The Morgan fingerprint density at radius 3 is 2.75 bits per heavy atom. The van der Waals surface area contributed by atoms with Crippen molar-refractivity contribution in [2.45, 2.75) is 33.4 Å². The number of hydrogen-bond acceptors (Lipinski definition) is 6. The van der Waals surface area contributed by atoms with Crippen molar-refractivity contribution in [3.63, 3.8) is 0 Å². The van der Waals surface area contributed by atoms with Crippen LogP contribution < -0.4 is 10.9 Å². The van der Waals surface area contributed by atoms with Crippen molar-refractivity contribution in [3.05, 3.63) is 68.4 Å². The van der Waals surface area contributed by atoms with E-state index in [-0.39, 0.29) is 24.0 Å². The fourth-order valence-electron chi connectivity index (χ4n) is 2.68. The zero-order valence-corrected chi connectivity index (χ0v) is 16.7. The number of aromatic nitrogens is 2. The van der Waals surface area contributed by atoms with Gasteiger partial charge in [-0.2, -0.15) is 0 Å². The number of pyridine rings is 1. The lowest BCUT2D eigenvalue weighted by molar-refractivity contribution is -0.148. The first-order chi connectivity index (χ1) is 13.3. The average Bonchev–Trinajstić information content (AvgIpc) is 3.19. The number of thiophene rings is 1. The van der Waals surface area contributed by atoms with Crippen LogP contribution in [0.2, 0.25) is 0 Å². The quantitative estimate of drug-likeness (QED) is 0.644. The smallest absolute Gasteiger partial charge is 0.329 e. The molecule has 0 spiro atoms. The van der Waals surface area contributed by atoms with Crippen LogP contribution in [0, 0.1) is 12.8 Å². The molecule has 146 valence electrons. The van der Waals surface area contributed by atoms with E-state index in [2.05, 4.69) is 10.3 Å². The maximum Gasteiger partial charge on any atom is 0.329 e. The van der Waals surface area contributed by atoms with Gasteiger partial charge in [0.25, 0.3) is 11.5 Å². The van der Waals surface area contributed by atoms with Crippen LogP contribution in [0.4, 0.5) is 0 Å². The minimum absolute atomic E-state index is 0.142. The van der Waals surface area contributed by atoms with Crippen molar-refractivity contribution in [2.75, 3.05) is 0 Å². The largest absolute Gasteiger partial charge is 0.458 e. The van der Waals surface area contributed by atoms with Gasteiger partial charge in [0.1, 0.15) is 18.3 Å². The lowest BCUT2D eigenvalue weighted by Crippen LogP contribution is -2.45. The molecule has 0 aliphatic carbocycles. The summed E-state index contributed by atoms with van der Waals surface area (Å²) in [5, 5.41) is 4.51. The van der Waals surface area contributed by atoms with E-state index in [0.29, 0.717) is 16.2 Å². The van der Waals surface area contributed by atoms with Crippen molar-refractivity contribution < 1.29 is 14.3 Å². The molecule has 0 radical (unpaired) electrons. The minimum atomic E-state index is -0.793. The molecule has 0 saturated carbocycles. The molecular formula is C20H21N3O4S. The van der Waals surface area contributed by atoms with Crippen LogP contribution in [0.3, 0.4) is 0 Å². The molecule has 0 bridgehead atoms. The molecule has 28 heavy (non-hydrogen) atoms. The molecule has 0 saturated heterocycles. The number of nitrogens with zero attached hydrogens (tertiary/aromatic N) is 2.